The molecule has 0 fully saturated rings. The van der Waals surface area contributed by atoms with Crippen molar-refractivity contribution in [2.24, 2.45) is 4.99 Å². The van der Waals surface area contributed by atoms with Gasteiger partial charge >= 0.3 is 0 Å². The number of ketones is 1. The maximum Gasteiger partial charge on any atom is 0.188 e. The normalized spacial score (nSPS) is 17.4. The molecule has 0 saturated carbocycles. The quantitative estimate of drug-likeness (QED) is 0.811. The van der Waals surface area contributed by atoms with Gasteiger partial charge in [-0.2, -0.15) is 0 Å². The molecule has 0 aliphatic carbocycles. The van der Waals surface area contributed by atoms with Crippen LogP contribution in [0.2, 0.25) is 0 Å². The van der Waals surface area contributed by atoms with Crippen molar-refractivity contribution in [3.8, 4) is 5.75 Å². The third-order valence-electron chi connectivity index (χ3n) is 3.33. The average Bonchev–Trinajstić information content (AvgIpc) is 3.05. The molecule has 0 spiro atoms. The van der Waals surface area contributed by atoms with Gasteiger partial charge in [0.05, 0.1) is 12.2 Å². The summed E-state index contributed by atoms with van der Waals surface area (Å²) in [4.78, 5) is 17.1. The number of carbonyl (C=O) groups is 1. The third-order valence-corrected chi connectivity index (χ3v) is 4.43. The second-order valence-corrected chi connectivity index (χ2v) is 5.73. The number of methoxy groups -OCH3 is 1. The minimum Gasteiger partial charge on any atom is -0.497 e. The van der Waals surface area contributed by atoms with E-state index in [0.717, 1.165) is 10.6 Å². The van der Waals surface area contributed by atoms with E-state index >= 15 is 0 Å². The molecule has 1 atom stereocenters. The molecule has 0 N–H and O–H groups in total. The number of benzene rings is 2. The minimum atomic E-state index is -0.308. The molecule has 1 aliphatic rings. The molecule has 21 heavy (non-hydrogen) atoms. The van der Waals surface area contributed by atoms with Crippen LogP contribution in [-0.2, 0) is 0 Å². The number of hydrogen-bond donors (Lipinski definition) is 0. The lowest BCUT2D eigenvalue weighted by atomic mass is 10.1. The van der Waals surface area contributed by atoms with E-state index in [9.17, 15) is 4.79 Å². The highest BCUT2D eigenvalue weighted by Gasteiger charge is 2.26. The average molecular weight is 297 g/mol. The van der Waals surface area contributed by atoms with Crippen LogP contribution >= 0.6 is 11.8 Å². The molecular formula is C17H15NO2S. The Morgan fingerprint density at radius 2 is 2.00 bits per heavy atom. The molecule has 2 aromatic carbocycles. The molecule has 3 rings (SSSR count). The third kappa shape index (κ3) is 3.00. The van der Waals surface area contributed by atoms with Crippen molar-refractivity contribution in [2.45, 2.75) is 6.04 Å². The van der Waals surface area contributed by atoms with Gasteiger partial charge in [-0.25, -0.2) is 0 Å². The molecule has 0 saturated heterocycles. The van der Waals surface area contributed by atoms with Crippen molar-refractivity contribution in [2.75, 3.05) is 12.9 Å². The summed E-state index contributed by atoms with van der Waals surface area (Å²) in [5, 5.41) is 0.942. The first-order valence-electron chi connectivity index (χ1n) is 6.72. The fourth-order valence-electron chi connectivity index (χ4n) is 2.22. The van der Waals surface area contributed by atoms with Gasteiger partial charge in [-0.3, -0.25) is 9.79 Å². The predicted molar refractivity (Wildman–Crippen MR) is 86.5 cm³/mol. The van der Waals surface area contributed by atoms with Crippen LogP contribution in [0.1, 0.15) is 15.9 Å². The van der Waals surface area contributed by atoms with E-state index in [0.29, 0.717) is 17.1 Å². The van der Waals surface area contributed by atoms with Gasteiger partial charge in [0.2, 0.25) is 0 Å². The van der Waals surface area contributed by atoms with Crippen molar-refractivity contribution < 1.29 is 9.53 Å². The molecule has 1 aliphatic heterocycles. The molecule has 106 valence electrons. The Hall–Kier alpha value is -2.07. The van der Waals surface area contributed by atoms with Crippen LogP contribution in [0.4, 0.5) is 0 Å². The summed E-state index contributed by atoms with van der Waals surface area (Å²) >= 11 is 1.63. The van der Waals surface area contributed by atoms with E-state index in [1.807, 2.05) is 48.5 Å². The van der Waals surface area contributed by atoms with Crippen LogP contribution in [0, 0.1) is 0 Å². The number of carbonyl (C=O) groups excluding carboxylic acids is 1. The molecule has 2 aromatic rings. The number of ether oxygens (including phenoxy) is 1. The minimum absolute atomic E-state index is 0.0485. The van der Waals surface area contributed by atoms with Gasteiger partial charge in [0.15, 0.2) is 5.78 Å². The molecule has 3 nitrogen and oxygen atoms in total. The first-order chi connectivity index (χ1) is 10.3. The van der Waals surface area contributed by atoms with E-state index in [1.54, 1.807) is 24.9 Å². The van der Waals surface area contributed by atoms with Gasteiger partial charge in [0, 0.05) is 16.9 Å². The number of thioether (sulfide) groups is 1. The summed E-state index contributed by atoms with van der Waals surface area (Å²) < 4.78 is 5.16. The van der Waals surface area contributed by atoms with Crippen LogP contribution in [0.3, 0.4) is 0 Å². The standard InChI is InChI=1S/C17H15NO2S/c1-20-14-9-5-8-13(10-14)16(19)15-11-21-17(18-15)12-6-3-2-4-7-12/h2-10,15H,11H2,1H3. The maximum absolute atomic E-state index is 12.5. The van der Waals surface area contributed by atoms with Gasteiger partial charge in [-0.1, -0.05) is 42.5 Å². The highest BCUT2D eigenvalue weighted by molar-refractivity contribution is 8.14. The maximum atomic E-state index is 12.5. The fourth-order valence-corrected chi connectivity index (χ4v) is 3.26. The summed E-state index contributed by atoms with van der Waals surface area (Å²) in [5.41, 5.74) is 1.72. The highest BCUT2D eigenvalue weighted by Crippen LogP contribution is 2.26. The van der Waals surface area contributed by atoms with E-state index in [-0.39, 0.29) is 11.8 Å². The molecule has 1 unspecified atom stereocenters. The van der Waals surface area contributed by atoms with Crippen molar-refractivity contribution in [1.29, 1.82) is 0 Å². The molecule has 0 aromatic heterocycles. The van der Waals surface area contributed by atoms with Crippen molar-refractivity contribution in [3.05, 3.63) is 65.7 Å². The van der Waals surface area contributed by atoms with E-state index < -0.39 is 0 Å². The van der Waals surface area contributed by atoms with E-state index in [2.05, 4.69) is 4.99 Å². The zero-order valence-corrected chi connectivity index (χ0v) is 12.5. The first-order valence-corrected chi connectivity index (χ1v) is 7.71. The van der Waals surface area contributed by atoms with Gasteiger partial charge in [0.1, 0.15) is 11.8 Å². The Morgan fingerprint density at radius 3 is 2.76 bits per heavy atom. The van der Waals surface area contributed by atoms with E-state index in [4.69, 9.17) is 4.74 Å². The molecule has 4 heteroatoms. The zero-order valence-electron chi connectivity index (χ0n) is 11.7. The SMILES string of the molecule is COc1cccc(C(=O)C2CSC(c3ccccc3)=N2)c1. The van der Waals surface area contributed by atoms with Gasteiger partial charge < -0.3 is 4.74 Å². The molecule has 0 bridgehead atoms. The second-order valence-electron chi connectivity index (χ2n) is 4.72. The van der Waals surface area contributed by atoms with Crippen molar-refractivity contribution in [1.82, 2.24) is 0 Å². The predicted octanol–water partition coefficient (Wildman–Crippen LogP) is 3.44. The smallest absolute Gasteiger partial charge is 0.188 e. The van der Waals surface area contributed by atoms with Crippen LogP contribution in [0.5, 0.6) is 5.75 Å². The Balaban J connectivity index is 1.82. The number of nitrogens with zero attached hydrogens (tertiary/aromatic N) is 1. The van der Waals surface area contributed by atoms with E-state index in [1.165, 1.54) is 0 Å². The Bertz CT molecular complexity index is 682. The molecule has 0 radical (unpaired) electrons. The number of Topliss-reactive ketones (excluding diaryl/α,β-unsaturated/α-hetero) is 1. The summed E-state index contributed by atoms with van der Waals surface area (Å²) in [6, 6.07) is 16.9. The summed E-state index contributed by atoms with van der Waals surface area (Å²) in [6.45, 7) is 0. The van der Waals surface area contributed by atoms with Gasteiger partial charge in [-0.15, -0.1) is 11.8 Å². The van der Waals surface area contributed by atoms with Crippen LogP contribution < -0.4 is 4.74 Å². The molecule has 1 heterocycles. The van der Waals surface area contributed by atoms with Crippen LogP contribution in [0.15, 0.2) is 59.6 Å². The van der Waals surface area contributed by atoms with Gasteiger partial charge in [0.25, 0.3) is 0 Å². The Kier molecular flexibility index (Phi) is 4.06. The van der Waals surface area contributed by atoms with Crippen molar-refractivity contribution in [3.63, 3.8) is 0 Å². The summed E-state index contributed by atoms with van der Waals surface area (Å²) in [6.07, 6.45) is 0. The molecule has 0 amide bonds. The number of aliphatic imine (C=N–C) groups is 1. The summed E-state index contributed by atoms with van der Waals surface area (Å²) in [7, 11) is 1.60. The lowest BCUT2D eigenvalue weighted by molar-refractivity contribution is 0.0971. The summed E-state index contributed by atoms with van der Waals surface area (Å²) in [5.74, 6) is 1.44. The second kappa shape index (κ2) is 6.14. The monoisotopic (exact) mass is 297 g/mol. The number of rotatable bonds is 4. The molecular weight excluding hydrogens is 282 g/mol. The number of hydrogen-bond acceptors (Lipinski definition) is 4. The Morgan fingerprint density at radius 1 is 1.19 bits per heavy atom. The Labute approximate surface area is 128 Å². The largest absolute Gasteiger partial charge is 0.497 e. The van der Waals surface area contributed by atoms with Crippen molar-refractivity contribution >= 4 is 22.6 Å². The topological polar surface area (TPSA) is 38.7 Å². The fraction of sp³-hybridized carbons (Fsp3) is 0.176. The highest BCUT2D eigenvalue weighted by atomic mass is 32.2. The van der Waals surface area contributed by atoms with Crippen LogP contribution in [-0.4, -0.2) is 29.7 Å². The lowest BCUT2D eigenvalue weighted by Gasteiger charge is -2.06. The lowest BCUT2D eigenvalue weighted by Crippen LogP contribution is -2.18. The first kappa shape index (κ1) is 13.9. The van der Waals surface area contributed by atoms with Gasteiger partial charge in [-0.05, 0) is 12.1 Å². The van der Waals surface area contributed by atoms with Crippen LogP contribution in [0.25, 0.3) is 0 Å². The zero-order chi connectivity index (χ0) is 14.7.